The van der Waals surface area contributed by atoms with Crippen LogP contribution in [0.15, 0.2) is 12.4 Å². The van der Waals surface area contributed by atoms with Crippen LogP contribution in [-0.2, 0) is 7.05 Å². The first-order chi connectivity index (χ1) is 6.44. The zero-order chi connectivity index (χ0) is 10.8. The van der Waals surface area contributed by atoms with Gasteiger partial charge >= 0.3 is 0 Å². The van der Waals surface area contributed by atoms with Crippen molar-refractivity contribution >= 4 is 17.5 Å². The monoisotopic (exact) mass is 215 g/mol. The summed E-state index contributed by atoms with van der Waals surface area (Å²) >= 11 is 5.69. The molecule has 14 heavy (non-hydrogen) atoms. The maximum atomic E-state index is 11.6. The van der Waals surface area contributed by atoms with Crippen LogP contribution in [-0.4, -0.2) is 27.1 Å². The van der Waals surface area contributed by atoms with Gasteiger partial charge in [-0.25, -0.2) is 0 Å². The summed E-state index contributed by atoms with van der Waals surface area (Å²) in [6, 6.07) is 0. The Hall–Kier alpha value is -1.03. The summed E-state index contributed by atoms with van der Waals surface area (Å²) in [6.07, 6.45) is 3.19. The molecule has 4 nitrogen and oxygen atoms in total. The van der Waals surface area contributed by atoms with Gasteiger partial charge in [0.15, 0.2) is 0 Å². The van der Waals surface area contributed by atoms with Crippen molar-refractivity contribution in [2.75, 3.05) is 5.88 Å². The van der Waals surface area contributed by atoms with Crippen molar-refractivity contribution in [1.82, 2.24) is 15.1 Å². The maximum Gasteiger partial charge on any atom is 0.254 e. The molecule has 5 heteroatoms. The Morgan fingerprint density at radius 3 is 2.79 bits per heavy atom. The van der Waals surface area contributed by atoms with E-state index in [1.54, 1.807) is 17.9 Å². The molecule has 1 heterocycles. The molecule has 0 saturated carbocycles. The second kappa shape index (κ2) is 4.00. The molecule has 1 amide bonds. The average Bonchev–Trinajstić information content (AvgIpc) is 2.51. The number of amides is 1. The number of nitrogens with zero attached hydrogens (tertiary/aromatic N) is 2. The van der Waals surface area contributed by atoms with Crippen molar-refractivity contribution in [3.63, 3.8) is 0 Å². The third kappa shape index (κ3) is 2.73. The molecule has 0 fully saturated rings. The summed E-state index contributed by atoms with van der Waals surface area (Å²) in [5.41, 5.74) is 0.153. The van der Waals surface area contributed by atoms with E-state index < -0.39 is 5.54 Å². The highest BCUT2D eigenvalue weighted by molar-refractivity contribution is 6.18. The number of aryl methyl sites for hydroxylation is 1. The lowest BCUT2D eigenvalue weighted by Gasteiger charge is -2.22. The molecule has 1 rings (SSSR count). The minimum absolute atomic E-state index is 0.149. The molecule has 0 atom stereocenters. The van der Waals surface area contributed by atoms with E-state index in [1.807, 2.05) is 13.8 Å². The summed E-state index contributed by atoms with van der Waals surface area (Å²) < 4.78 is 1.59. The molecule has 0 aromatic carbocycles. The minimum Gasteiger partial charge on any atom is -0.346 e. The molecular weight excluding hydrogens is 202 g/mol. The van der Waals surface area contributed by atoms with E-state index in [0.29, 0.717) is 11.4 Å². The van der Waals surface area contributed by atoms with Gasteiger partial charge in [0.05, 0.1) is 11.8 Å². The first-order valence-corrected chi connectivity index (χ1v) is 4.85. The van der Waals surface area contributed by atoms with Crippen molar-refractivity contribution in [3.05, 3.63) is 18.0 Å². The predicted octanol–water partition coefficient (Wildman–Crippen LogP) is 1.17. The number of hydrogen-bond acceptors (Lipinski definition) is 2. The van der Waals surface area contributed by atoms with Crippen LogP contribution in [0.1, 0.15) is 24.2 Å². The van der Waals surface area contributed by atoms with E-state index in [9.17, 15) is 4.79 Å². The van der Waals surface area contributed by atoms with Crippen molar-refractivity contribution in [2.45, 2.75) is 19.4 Å². The number of rotatable bonds is 3. The van der Waals surface area contributed by atoms with Gasteiger partial charge < -0.3 is 5.32 Å². The fraction of sp³-hybridized carbons (Fsp3) is 0.556. The molecule has 0 unspecified atom stereocenters. The fourth-order valence-electron chi connectivity index (χ4n) is 0.951. The predicted molar refractivity (Wildman–Crippen MR) is 55.5 cm³/mol. The van der Waals surface area contributed by atoms with Gasteiger partial charge in [0, 0.05) is 24.7 Å². The lowest BCUT2D eigenvalue weighted by molar-refractivity contribution is 0.0920. The highest BCUT2D eigenvalue weighted by Crippen LogP contribution is 2.06. The van der Waals surface area contributed by atoms with Crippen LogP contribution in [0.5, 0.6) is 0 Å². The second-order valence-corrected chi connectivity index (χ2v) is 4.14. The second-order valence-electron chi connectivity index (χ2n) is 3.87. The van der Waals surface area contributed by atoms with E-state index in [1.165, 1.54) is 6.20 Å². The third-order valence-electron chi connectivity index (χ3n) is 1.75. The Labute approximate surface area is 88.2 Å². The number of alkyl halides is 1. The molecule has 0 spiro atoms. The SMILES string of the molecule is Cn1cc(C(=O)NC(C)(C)CCl)cn1. The van der Waals surface area contributed by atoms with E-state index in [0.717, 1.165) is 0 Å². The van der Waals surface area contributed by atoms with Gasteiger partial charge in [-0.3, -0.25) is 9.48 Å². The molecule has 0 aliphatic heterocycles. The van der Waals surface area contributed by atoms with Gasteiger partial charge in [-0.2, -0.15) is 5.10 Å². The van der Waals surface area contributed by atoms with E-state index >= 15 is 0 Å². The molecule has 78 valence electrons. The van der Waals surface area contributed by atoms with Crippen molar-refractivity contribution < 1.29 is 4.79 Å². The van der Waals surface area contributed by atoms with Gasteiger partial charge in [0.25, 0.3) is 5.91 Å². The normalized spacial score (nSPS) is 11.4. The lowest BCUT2D eigenvalue weighted by Crippen LogP contribution is -2.44. The van der Waals surface area contributed by atoms with Crippen LogP contribution >= 0.6 is 11.6 Å². The molecule has 1 aromatic rings. The molecular formula is C9H14ClN3O. The van der Waals surface area contributed by atoms with E-state index in [-0.39, 0.29) is 5.91 Å². The van der Waals surface area contributed by atoms with Crippen LogP contribution in [0.3, 0.4) is 0 Å². The summed E-state index contributed by atoms with van der Waals surface area (Å²) in [4.78, 5) is 11.6. The van der Waals surface area contributed by atoms with Crippen LogP contribution in [0.25, 0.3) is 0 Å². The summed E-state index contributed by atoms with van der Waals surface area (Å²) in [5, 5.41) is 6.73. The van der Waals surface area contributed by atoms with E-state index in [2.05, 4.69) is 10.4 Å². The Balaban J connectivity index is 2.68. The van der Waals surface area contributed by atoms with Gasteiger partial charge in [0.2, 0.25) is 0 Å². The van der Waals surface area contributed by atoms with E-state index in [4.69, 9.17) is 11.6 Å². The Morgan fingerprint density at radius 2 is 2.36 bits per heavy atom. The van der Waals surface area contributed by atoms with Crippen molar-refractivity contribution in [2.24, 2.45) is 7.05 Å². The van der Waals surface area contributed by atoms with Gasteiger partial charge in [0.1, 0.15) is 0 Å². The number of aromatic nitrogens is 2. The standard InChI is InChI=1S/C9H14ClN3O/c1-9(2,6-10)12-8(14)7-4-11-13(3)5-7/h4-5H,6H2,1-3H3,(H,12,14). The summed E-state index contributed by atoms with van der Waals surface area (Å²) in [7, 11) is 1.77. The molecule has 0 radical (unpaired) electrons. The molecule has 1 N–H and O–H groups in total. The highest BCUT2D eigenvalue weighted by Gasteiger charge is 2.20. The maximum absolute atomic E-state index is 11.6. The Morgan fingerprint density at radius 1 is 1.71 bits per heavy atom. The van der Waals surface area contributed by atoms with Crippen molar-refractivity contribution in [1.29, 1.82) is 0 Å². The fourth-order valence-corrected chi connectivity index (χ4v) is 1.02. The van der Waals surface area contributed by atoms with Gasteiger partial charge in [-0.15, -0.1) is 11.6 Å². The van der Waals surface area contributed by atoms with Gasteiger partial charge in [-0.1, -0.05) is 0 Å². The van der Waals surface area contributed by atoms with Crippen LogP contribution in [0, 0.1) is 0 Å². The van der Waals surface area contributed by atoms with Crippen LogP contribution in [0.4, 0.5) is 0 Å². The number of carbonyl (C=O) groups excluding carboxylic acids is 1. The minimum atomic E-state index is -0.394. The molecule has 1 aromatic heterocycles. The summed E-state index contributed by atoms with van der Waals surface area (Å²) in [5.74, 6) is 0.225. The molecule has 0 aliphatic carbocycles. The van der Waals surface area contributed by atoms with Crippen molar-refractivity contribution in [3.8, 4) is 0 Å². The number of carbonyl (C=O) groups is 1. The molecule has 0 saturated heterocycles. The topological polar surface area (TPSA) is 46.9 Å². The molecule has 0 bridgehead atoms. The van der Waals surface area contributed by atoms with Crippen LogP contribution in [0.2, 0.25) is 0 Å². The lowest BCUT2D eigenvalue weighted by atomic mass is 10.1. The third-order valence-corrected chi connectivity index (χ3v) is 2.42. The average molecular weight is 216 g/mol. The smallest absolute Gasteiger partial charge is 0.254 e. The first-order valence-electron chi connectivity index (χ1n) is 4.32. The number of halogens is 1. The highest BCUT2D eigenvalue weighted by atomic mass is 35.5. The Bertz CT molecular complexity index is 333. The zero-order valence-electron chi connectivity index (χ0n) is 8.54. The van der Waals surface area contributed by atoms with Crippen LogP contribution < -0.4 is 5.32 Å². The van der Waals surface area contributed by atoms with Gasteiger partial charge in [-0.05, 0) is 13.8 Å². The summed E-state index contributed by atoms with van der Waals surface area (Å²) in [6.45, 7) is 3.74. The Kier molecular flexibility index (Phi) is 3.16. The first kappa shape index (κ1) is 11.0. The zero-order valence-corrected chi connectivity index (χ0v) is 9.30. The number of nitrogens with one attached hydrogen (secondary N) is 1. The largest absolute Gasteiger partial charge is 0.346 e. The quantitative estimate of drug-likeness (QED) is 0.770. The molecule has 0 aliphatic rings. The number of hydrogen-bond donors (Lipinski definition) is 1.